The van der Waals surface area contributed by atoms with Crippen LogP contribution in [0.4, 0.5) is 5.69 Å². The number of sulfonamides is 1. The normalized spacial score (nSPS) is 12.0. The first-order valence-corrected chi connectivity index (χ1v) is 15.5. The van der Waals surface area contributed by atoms with Gasteiger partial charge >= 0.3 is 0 Å². The first-order valence-electron chi connectivity index (χ1n) is 12.9. The summed E-state index contributed by atoms with van der Waals surface area (Å²) in [5.41, 5.74) is 0.667. The summed E-state index contributed by atoms with van der Waals surface area (Å²) in [6.45, 7) is 3.65. The molecule has 0 radical (unpaired) electrons. The molecule has 0 saturated heterocycles. The highest BCUT2D eigenvalue weighted by molar-refractivity contribution is 7.92. The van der Waals surface area contributed by atoms with E-state index in [1.54, 1.807) is 49.4 Å². The molecule has 0 aliphatic heterocycles. The van der Waals surface area contributed by atoms with Crippen LogP contribution in [0.2, 0.25) is 15.1 Å². The van der Waals surface area contributed by atoms with Crippen molar-refractivity contribution in [1.29, 1.82) is 0 Å². The Hall–Kier alpha value is -2.78. The molecule has 0 spiro atoms. The summed E-state index contributed by atoms with van der Waals surface area (Å²) in [6.07, 6.45) is 1.99. The molecule has 40 heavy (non-hydrogen) atoms. The molecule has 214 valence electrons. The van der Waals surface area contributed by atoms with Crippen LogP contribution < -0.4 is 9.62 Å². The van der Waals surface area contributed by atoms with Gasteiger partial charge in [0.05, 0.1) is 15.6 Å². The maximum Gasteiger partial charge on any atom is 0.264 e. The number of unbranched alkanes of at least 4 members (excludes halogenated alkanes) is 1. The SMILES string of the molecule is CCCCNC(=O)C(CC)N(Cc1ccccc1Cl)C(=O)CN(c1cc(Cl)ccc1Cl)S(=O)(=O)c1ccccc1. The minimum Gasteiger partial charge on any atom is -0.354 e. The van der Waals surface area contributed by atoms with Crippen molar-refractivity contribution in [2.45, 2.75) is 50.6 Å². The van der Waals surface area contributed by atoms with Crippen LogP contribution in [-0.4, -0.2) is 44.3 Å². The molecule has 0 heterocycles. The highest BCUT2D eigenvalue weighted by atomic mass is 35.5. The van der Waals surface area contributed by atoms with Crippen LogP contribution in [0.1, 0.15) is 38.7 Å². The molecule has 3 aromatic rings. The van der Waals surface area contributed by atoms with Crippen LogP contribution in [0, 0.1) is 0 Å². The van der Waals surface area contributed by atoms with Gasteiger partial charge in [-0.2, -0.15) is 0 Å². The van der Waals surface area contributed by atoms with Gasteiger partial charge in [-0.1, -0.05) is 91.5 Å². The molecule has 1 N–H and O–H groups in total. The van der Waals surface area contributed by atoms with Crippen molar-refractivity contribution >= 4 is 62.3 Å². The molecule has 7 nitrogen and oxygen atoms in total. The number of halogens is 3. The number of nitrogens with zero attached hydrogens (tertiary/aromatic N) is 2. The number of hydrogen-bond donors (Lipinski definition) is 1. The summed E-state index contributed by atoms with van der Waals surface area (Å²) >= 11 is 19.1. The van der Waals surface area contributed by atoms with Crippen LogP contribution in [0.15, 0.2) is 77.7 Å². The summed E-state index contributed by atoms with van der Waals surface area (Å²) in [5, 5.41) is 3.66. The molecule has 1 atom stereocenters. The van der Waals surface area contributed by atoms with Gasteiger partial charge in [0.15, 0.2) is 0 Å². The summed E-state index contributed by atoms with van der Waals surface area (Å²) < 4.78 is 28.7. The molecule has 2 amide bonds. The van der Waals surface area contributed by atoms with Crippen LogP contribution in [0.3, 0.4) is 0 Å². The number of amides is 2. The molecule has 0 aromatic heterocycles. The Kier molecular flexibility index (Phi) is 11.7. The number of rotatable bonds is 13. The topological polar surface area (TPSA) is 86.8 Å². The van der Waals surface area contributed by atoms with Gasteiger partial charge in [0.2, 0.25) is 11.8 Å². The largest absolute Gasteiger partial charge is 0.354 e. The lowest BCUT2D eigenvalue weighted by molar-refractivity contribution is -0.140. The predicted octanol–water partition coefficient (Wildman–Crippen LogP) is 6.57. The second-order valence-electron chi connectivity index (χ2n) is 9.10. The molecular weight excluding hydrogens is 593 g/mol. The van der Waals surface area contributed by atoms with Gasteiger partial charge in [-0.25, -0.2) is 8.42 Å². The van der Waals surface area contributed by atoms with Gasteiger partial charge in [-0.15, -0.1) is 0 Å². The molecule has 3 aromatic carbocycles. The van der Waals surface area contributed by atoms with E-state index in [-0.39, 0.29) is 33.1 Å². The van der Waals surface area contributed by atoms with Crippen LogP contribution in [-0.2, 0) is 26.2 Å². The quantitative estimate of drug-likeness (QED) is 0.218. The summed E-state index contributed by atoms with van der Waals surface area (Å²) in [7, 11) is -4.26. The number of carbonyl (C=O) groups is 2. The summed E-state index contributed by atoms with van der Waals surface area (Å²) in [5.74, 6) is -0.928. The lowest BCUT2D eigenvalue weighted by Gasteiger charge is -2.33. The van der Waals surface area contributed by atoms with Gasteiger partial charge in [-0.05, 0) is 54.8 Å². The van der Waals surface area contributed by atoms with E-state index < -0.39 is 28.5 Å². The molecule has 0 saturated carbocycles. The fourth-order valence-corrected chi connectivity index (χ4v) is 6.22. The highest BCUT2D eigenvalue weighted by Gasteiger charge is 2.34. The second-order valence-corrected chi connectivity index (χ2v) is 12.2. The van der Waals surface area contributed by atoms with E-state index in [1.807, 2.05) is 6.92 Å². The maximum atomic E-state index is 14.1. The van der Waals surface area contributed by atoms with Crippen molar-refractivity contribution in [3.8, 4) is 0 Å². The Morgan fingerprint density at radius 3 is 2.23 bits per heavy atom. The van der Waals surface area contributed by atoms with E-state index in [0.29, 0.717) is 23.6 Å². The van der Waals surface area contributed by atoms with E-state index >= 15 is 0 Å². The Labute approximate surface area is 251 Å². The van der Waals surface area contributed by atoms with Crippen LogP contribution >= 0.6 is 34.8 Å². The predicted molar refractivity (Wildman–Crippen MR) is 161 cm³/mol. The van der Waals surface area contributed by atoms with Crippen molar-refractivity contribution in [3.05, 3.63) is 93.4 Å². The maximum absolute atomic E-state index is 14.1. The average Bonchev–Trinajstić information content (AvgIpc) is 2.94. The summed E-state index contributed by atoms with van der Waals surface area (Å²) in [4.78, 5) is 28.6. The summed E-state index contributed by atoms with van der Waals surface area (Å²) in [6, 6.07) is 18.3. The first-order chi connectivity index (χ1) is 19.1. The molecule has 11 heteroatoms. The lowest BCUT2D eigenvalue weighted by atomic mass is 10.1. The van der Waals surface area contributed by atoms with Gasteiger partial charge in [0, 0.05) is 23.1 Å². The Morgan fingerprint density at radius 2 is 1.57 bits per heavy atom. The van der Waals surface area contributed by atoms with Crippen LogP contribution in [0.5, 0.6) is 0 Å². The van der Waals surface area contributed by atoms with E-state index in [2.05, 4.69) is 5.32 Å². The Bertz CT molecular complexity index is 1420. The van der Waals surface area contributed by atoms with Crippen molar-refractivity contribution in [2.75, 3.05) is 17.4 Å². The fourth-order valence-electron chi connectivity index (χ4n) is 4.15. The first kappa shape index (κ1) is 31.7. The Morgan fingerprint density at radius 1 is 0.900 bits per heavy atom. The molecular formula is C29H32Cl3N3O4S. The van der Waals surface area contributed by atoms with Crippen molar-refractivity contribution in [2.24, 2.45) is 0 Å². The molecule has 3 rings (SSSR count). The smallest absolute Gasteiger partial charge is 0.264 e. The minimum atomic E-state index is -4.26. The number of carbonyl (C=O) groups excluding carboxylic acids is 2. The fraction of sp³-hybridized carbons (Fsp3) is 0.310. The zero-order valence-electron chi connectivity index (χ0n) is 22.3. The minimum absolute atomic E-state index is 0.000708. The number of nitrogens with one attached hydrogen (secondary N) is 1. The molecule has 1 unspecified atom stereocenters. The highest BCUT2D eigenvalue weighted by Crippen LogP contribution is 2.33. The zero-order valence-corrected chi connectivity index (χ0v) is 25.4. The van der Waals surface area contributed by atoms with E-state index in [9.17, 15) is 18.0 Å². The number of hydrogen-bond acceptors (Lipinski definition) is 4. The third-order valence-electron chi connectivity index (χ3n) is 6.30. The van der Waals surface area contributed by atoms with E-state index in [0.717, 1.165) is 17.1 Å². The van der Waals surface area contributed by atoms with Crippen molar-refractivity contribution < 1.29 is 18.0 Å². The number of benzene rings is 3. The van der Waals surface area contributed by atoms with E-state index in [4.69, 9.17) is 34.8 Å². The Balaban J connectivity index is 2.07. The van der Waals surface area contributed by atoms with Gasteiger partial charge in [0.1, 0.15) is 12.6 Å². The lowest BCUT2D eigenvalue weighted by Crippen LogP contribution is -2.52. The monoisotopic (exact) mass is 623 g/mol. The van der Waals surface area contributed by atoms with Gasteiger partial charge in [0.25, 0.3) is 10.0 Å². The number of anilines is 1. The third-order valence-corrected chi connectivity index (χ3v) is 9.00. The molecule has 0 bridgehead atoms. The van der Waals surface area contributed by atoms with Crippen molar-refractivity contribution in [3.63, 3.8) is 0 Å². The third kappa shape index (κ3) is 7.91. The average molecular weight is 625 g/mol. The van der Waals surface area contributed by atoms with Crippen LogP contribution in [0.25, 0.3) is 0 Å². The zero-order chi connectivity index (χ0) is 29.3. The molecule has 0 fully saturated rings. The standard InChI is InChI=1S/C29H32Cl3N3O4S/c1-3-5-17-33-29(37)26(4-2)34(19-21-11-9-10-14-24(21)31)28(36)20-35(27-18-22(30)15-16-25(27)32)40(38,39)23-12-7-6-8-13-23/h6-16,18,26H,3-5,17,19-20H2,1-2H3,(H,33,37). The van der Waals surface area contributed by atoms with Gasteiger partial charge in [-0.3, -0.25) is 13.9 Å². The van der Waals surface area contributed by atoms with Crippen molar-refractivity contribution in [1.82, 2.24) is 10.2 Å². The second kappa shape index (κ2) is 14.7. The molecule has 0 aliphatic rings. The van der Waals surface area contributed by atoms with Gasteiger partial charge < -0.3 is 10.2 Å². The van der Waals surface area contributed by atoms with E-state index in [1.165, 1.54) is 35.2 Å². The molecule has 0 aliphatic carbocycles.